The van der Waals surface area contributed by atoms with E-state index in [1.165, 1.54) is 19.1 Å². The van der Waals surface area contributed by atoms with Crippen LogP contribution in [-0.4, -0.2) is 25.7 Å². The highest BCUT2D eigenvalue weighted by Crippen LogP contribution is 2.31. The van der Waals surface area contributed by atoms with E-state index in [0.717, 1.165) is 0 Å². The number of anilines is 1. The highest BCUT2D eigenvalue weighted by atomic mass is 16.5. The van der Waals surface area contributed by atoms with Gasteiger partial charge in [0.05, 0.1) is 20.3 Å². The van der Waals surface area contributed by atoms with Crippen molar-refractivity contribution in [1.82, 2.24) is 0 Å². The van der Waals surface area contributed by atoms with Gasteiger partial charge in [-0.1, -0.05) is 18.2 Å². The first-order valence-corrected chi connectivity index (χ1v) is 7.47. The summed E-state index contributed by atoms with van der Waals surface area (Å²) in [6.07, 6.45) is 0. The van der Waals surface area contributed by atoms with Gasteiger partial charge in [0, 0.05) is 11.3 Å². The summed E-state index contributed by atoms with van der Waals surface area (Å²) in [4.78, 5) is 14.6. The molecule has 124 valence electrons. The predicted molar refractivity (Wildman–Crippen MR) is 92.5 cm³/mol. The second-order valence-electron chi connectivity index (χ2n) is 5.72. The second kappa shape index (κ2) is 7.05. The van der Waals surface area contributed by atoms with E-state index in [1.807, 2.05) is 18.2 Å². The molecule has 0 heterocycles. The maximum atomic E-state index is 13.1. The second-order valence-corrected chi connectivity index (χ2v) is 5.72. The standard InChI is InChI=1S/C19H20N2O3/c1-19(2,13-20)21(15-8-6-5-7-9-15)18(22)14-10-11-16(23-3)17(12-14)24-4/h5-12H,1-4H3. The van der Waals surface area contributed by atoms with Crippen molar-refractivity contribution < 1.29 is 14.3 Å². The number of hydrogen-bond donors (Lipinski definition) is 0. The Labute approximate surface area is 142 Å². The monoisotopic (exact) mass is 324 g/mol. The Morgan fingerprint density at radius 2 is 1.67 bits per heavy atom. The highest BCUT2D eigenvalue weighted by Gasteiger charge is 2.33. The van der Waals surface area contributed by atoms with Crippen molar-refractivity contribution in [3.05, 3.63) is 54.1 Å². The van der Waals surface area contributed by atoms with Gasteiger partial charge in [0.1, 0.15) is 5.54 Å². The van der Waals surface area contributed by atoms with Gasteiger partial charge in [-0.15, -0.1) is 0 Å². The summed E-state index contributed by atoms with van der Waals surface area (Å²) in [6.45, 7) is 3.41. The first-order chi connectivity index (χ1) is 11.4. The summed E-state index contributed by atoms with van der Waals surface area (Å²) >= 11 is 0. The number of ether oxygens (including phenoxy) is 2. The molecule has 2 rings (SSSR count). The predicted octanol–water partition coefficient (Wildman–Crippen LogP) is 3.65. The van der Waals surface area contributed by atoms with Crippen LogP contribution in [0.25, 0.3) is 0 Å². The molecule has 0 saturated carbocycles. The molecule has 1 amide bonds. The molecular weight excluding hydrogens is 304 g/mol. The van der Waals surface area contributed by atoms with E-state index in [1.54, 1.807) is 44.2 Å². The van der Waals surface area contributed by atoms with E-state index >= 15 is 0 Å². The van der Waals surface area contributed by atoms with E-state index < -0.39 is 5.54 Å². The molecule has 2 aromatic rings. The minimum Gasteiger partial charge on any atom is -0.493 e. The van der Waals surface area contributed by atoms with Crippen molar-refractivity contribution in [3.8, 4) is 17.6 Å². The first kappa shape index (κ1) is 17.4. The lowest BCUT2D eigenvalue weighted by atomic mass is 10.0. The number of benzene rings is 2. The highest BCUT2D eigenvalue weighted by molar-refractivity contribution is 6.07. The molecule has 0 radical (unpaired) electrons. The van der Waals surface area contributed by atoms with Gasteiger partial charge in [-0.05, 0) is 44.2 Å². The van der Waals surface area contributed by atoms with Crippen molar-refractivity contribution in [2.24, 2.45) is 0 Å². The Morgan fingerprint density at radius 1 is 1.04 bits per heavy atom. The largest absolute Gasteiger partial charge is 0.493 e. The van der Waals surface area contributed by atoms with Crippen LogP contribution in [0, 0.1) is 11.3 Å². The van der Waals surface area contributed by atoms with E-state index in [4.69, 9.17) is 9.47 Å². The average Bonchev–Trinajstić information content (AvgIpc) is 2.61. The van der Waals surface area contributed by atoms with Gasteiger partial charge in [0.15, 0.2) is 11.5 Å². The van der Waals surface area contributed by atoms with Gasteiger partial charge in [0.25, 0.3) is 5.91 Å². The van der Waals surface area contributed by atoms with Crippen LogP contribution in [-0.2, 0) is 0 Å². The number of carbonyl (C=O) groups excluding carboxylic acids is 1. The van der Waals surface area contributed by atoms with Gasteiger partial charge in [-0.25, -0.2) is 0 Å². The third-order valence-corrected chi connectivity index (χ3v) is 3.68. The number of nitriles is 1. The first-order valence-electron chi connectivity index (χ1n) is 7.47. The molecule has 0 saturated heterocycles. The molecule has 0 N–H and O–H groups in total. The van der Waals surface area contributed by atoms with Gasteiger partial charge >= 0.3 is 0 Å². The van der Waals surface area contributed by atoms with E-state index in [2.05, 4.69) is 6.07 Å². The molecule has 0 bridgehead atoms. The summed E-state index contributed by atoms with van der Waals surface area (Å²) in [7, 11) is 3.05. The zero-order chi connectivity index (χ0) is 17.7. The van der Waals surface area contributed by atoms with Crippen LogP contribution >= 0.6 is 0 Å². The number of carbonyl (C=O) groups is 1. The third kappa shape index (κ3) is 3.33. The zero-order valence-corrected chi connectivity index (χ0v) is 14.2. The summed E-state index contributed by atoms with van der Waals surface area (Å²) in [5.74, 6) is 0.722. The van der Waals surface area contributed by atoms with Crippen molar-refractivity contribution in [2.75, 3.05) is 19.1 Å². The topological polar surface area (TPSA) is 62.6 Å². The fourth-order valence-corrected chi connectivity index (χ4v) is 2.42. The number of nitrogens with zero attached hydrogens (tertiary/aromatic N) is 2. The van der Waals surface area contributed by atoms with Crippen molar-refractivity contribution >= 4 is 11.6 Å². The molecule has 0 spiro atoms. The minimum absolute atomic E-state index is 0.284. The van der Waals surface area contributed by atoms with Crippen LogP contribution in [0.15, 0.2) is 48.5 Å². The van der Waals surface area contributed by atoms with Crippen molar-refractivity contribution in [1.29, 1.82) is 5.26 Å². The lowest BCUT2D eigenvalue weighted by molar-refractivity contribution is 0.0971. The fourth-order valence-electron chi connectivity index (χ4n) is 2.42. The van der Waals surface area contributed by atoms with E-state index in [0.29, 0.717) is 22.7 Å². The maximum Gasteiger partial charge on any atom is 0.259 e. The lowest BCUT2D eigenvalue weighted by Gasteiger charge is -2.33. The van der Waals surface area contributed by atoms with E-state index in [9.17, 15) is 10.1 Å². The van der Waals surface area contributed by atoms with Crippen LogP contribution in [0.5, 0.6) is 11.5 Å². The summed E-state index contributed by atoms with van der Waals surface area (Å²) in [5, 5.41) is 9.52. The van der Waals surface area contributed by atoms with E-state index in [-0.39, 0.29) is 5.91 Å². The molecule has 5 heteroatoms. The normalized spacial score (nSPS) is 10.6. The molecular formula is C19H20N2O3. The number of para-hydroxylation sites is 1. The molecule has 0 fully saturated rings. The Morgan fingerprint density at radius 3 is 2.21 bits per heavy atom. The molecule has 5 nitrogen and oxygen atoms in total. The quantitative estimate of drug-likeness (QED) is 0.842. The van der Waals surface area contributed by atoms with Gasteiger partial charge < -0.3 is 9.47 Å². The molecule has 0 aliphatic heterocycles. The molecule has 0 aliphatic rings. The lowest BCUT2D eigenvalue weighted by Crippen LogP contribution is -2.47. The summed E-state index contributed by atoms with van der Waals surface area (Å²) < 4.78 is 10.5. The number of amides is 1. The number of methoxy groups -OCH3 is 2. The van der Waals surface area contributed by atoms with Crippen LogP contribution in [0.2, 0.25) is 0 Å². The fraction of sp³-hybridized carbons (Fsp3) is 0.263. The van der Waals surface area contributed by atoms with Crippen LogP contribution in [0.1, 0.15) is 24.2 Å². The number of hydrogen-bond acceptors (Lipinski definition) is 4. The third-order valence-electron chi connectivity index (χ3n) is 3.68. The molecule has 0 aliphatic carbocycles. The Hall–Kier alpha value is -3.00. The van der Waals surface area contributed by atoms with Crippen molar-refractivity contribution in [2.45, 2.75) is 19.4 Å². The molecule has 0 atom stereocenters. The van der Waals surface area contributed by atoms with Crippen molar-refractivity contribution in [3.63, 3.8) is 0 Å². The van der Waals surface area contributed by atoms with Gasteiger partial charge in [-0.3, -0.25) is 9.69 Å². The zero-order valence-electron chi connectivity index (χ0n) is 14.2. The Bertz CT molecular complexity index is 764. The smallest absolute Gasteiger partial charge is 0.259 e. The Balaban J connectivity index is 2.52. The van der Waals surface area contributed by atoms with Crippen LogP contribution in [0.3, 0.4) is 0 Å². The minimum atomic E-state index is -1.01. The van der Waals surface area contributed by atoms with Crippen LogP contribution in [0.4, 0.5) is 5.69 Å². The average molecular weight is 324 g/mol. The summed E-state index contributed by atoms with van der Waals surface area (Å²) in [6, 6.07) is 16.3. The Kier molecular flexibility index (Phi) is 5.10. The SMILES string of the molecule is COc1ccc(C(=O)N(c2ccccc2)C(C)(C)C#N)cc1OC. The summed E-state index contributed by atoms with van der Waals surface area (Å²) in [5.41, 5.74) is 0.0645. The van der Waals surface area contributed by atoms with Gasteiger partial charge in [0.2, 0.25) is 0 Å². The van der Waals surface area contributed by atoms with Gasteiger partial charge in [-0.2, -0.15) is 5.26 Å². The number of rotatable bonds is 5. The van der Waals surface area contributed by atoms with Crippen LogP contribution < -0.4 is 14.4 Å². The molecule has 24 heavy (non-hydrogen) atoms. The molecule has 0 aromatic heterocycles. The molecule has 0 unspecified atom stereocenters. The maximum absolute atomic E-state index is 13.1. The molecule has 2 aromatic carbocycles.